The third-order valence-corrected chi connectivity index (χ3v) is 5.08. The number of phenolic OH excluding ortho intramolecular Hbond substituents is 1. The first kappa shape index (κ1) is 24.5. The third kappa shape index (κ3) is 5.81. The summed E-state index contributed by atoms with van der Waals surface area (Å²) in [6.07, 6.45) is -11.3. The second-order valence-electron chi connectivity index (χ2n) is 7.46. The molecule has 9 atom stereocenters. The van der Waals surface area contributed by atoms with Gasteiger partial charge < -0.3 is 54.7 Å². The van der Waals surface area contributed by atoms with Gasteiger partial charge in [-0.3, -0.25) is 0 Å². The number of aromatic hydroxyl groups is 1. The molecule has 9 unspecified atom stereocenters. The molecular formula is C20H26O12. The van der Waals surface area contributed by atoms with Crippen molar-refractivity contribution in [2.45, 2.75) is 55.3 Å². The van der Waals surface area contributed by atoms with Gasteiger partial charge in [-0.05, 0) is 23.8 Å². The second kappa shape index (κ2) is 10.7. The van der Waals surface area contributed by atoms with E-state index in [9.17, 15) is 40.5 Å². The van der Waals surface area contributed by atoms with Crippen LogP contribution < -0.4 is 0 Å². The largest absolute Gasteiger partial charge is 0.508 e. The van der Waals surface area contributed by atoms with Crippen molar-refractivity contribution < 1.29 is 59.5 Å². The fraction of sp³-hybridized carbons (Fsp3) is 0.550. The fourth-order valence-corrected chi connectivity index (χ4v) is 3.17. The van der Waals surface area contributed by atoms with Gasteiger partial charge in [0, 0.05) is 6.08 Å². The van der Waals surface area contributed by atoms with Crippen LogP contribution in [0.25, 0.3) is 6.08 Å². The zero-order valence-corrected chi connectivity index (χ0v) is 16.7. The van der Waals surface area contributed by atoms with Crippen molar-refractivity contribution in [3.05, 3.63) is 35.9 Å². The van der Waals surface area contributed by atoms with E-state index in [1.165, 1.54) is 18.2 Å². The van der Waals surface area contributed by atoms with E-state index in [2.05, 4.69) is 0 Å². The molecule has 0 spiro atoms. The summed E-state index contributed by atoms with van der Waals surface area (Å²) in [7, 11) is 0. The Morgan fingerprint density at radius 3 is 2.28 bits per heavy atom. The van der Waals surface area contributed by atoms with Crippen molar-refractivity contribution in [2.24, 2.45) is 0 Å². The molecule has 2 heterocycles. The van der Waals surface area contributed by atoms with Gasteiger partial charge in [-0.1, -0.05) is 12.1 Å². The van der Waals surface area contributed by atoms with Crippen LogP contribution in [0.4, 0.5) is 0 Å². The van der Waals surface area contributed by atoms with Crippen molar-refractivity contribution in [1.82, 2.24) is 0 Å². The first-order valence-electron chi connectivity index (χ1n) is 9.82. The Morgan fingerprint density at radius 1 is 0.938 bits per heavy atom. The molecule has 0 saturated carbocycles. The van der Waals surface area contributed by atoms with E-state index in [1.807, 2.05) is 0 Å². The van der Waals surface area contributed by atoms with E-state index >= 15 is 0 Å². The molecule has 12 nitrogen and oxygen atoms in total. The highest BCUT2D eigenvalue weighted by atomic mass is 16.7. The lowest BCUT2D eigenvalue weighted by Crippen LogP contribution is -2.60. The number of ether oxygens (including phenoxy) is 4. The van der Waals surface area contributed by atoms with Crippen molar-refractivity contribution in [3.63, 3.8) is 0 Å². The molecule has 2 saturated heterocycles. The standard InChI is InChI=1S/C20H26O12/c21-10-4-1-9(2-5-10)3-6-13(23)32-20-18(28)16(26)15(25)12(31-20)8-30-19-17(27)14(24)11(22)7-29-19/h1-6,11-12,14-22,24-28H,7-8H2. The number of benzene rings is 1. The number of aliphatic hydroxyl groups is 6. The number of phenols is 1. The first-order valence-corrected chi connectivity index (χ1v) is 9.82. The van der Waals surface area contributed by atoms with Gasteiger partial charge in [0.1, 0.15) is 48.5 Å². The summed E-state index contributed by atoms with van der Waals surface area (Å²) in [5, 5.41) is 68.6. The molecule has 178 valence electrons. The van der Waals surface area contributed by atoms with Gasteiger partial charge in [-0.25, -0.2) is 4.79 Å². The quantitative estimate of drug-likeness (QED) is 0.171. The van der Waals surface area contributed by atoms with Gasteiger partial charge in [0.2, 0.25) is 6.29 Å². The third-order valence-electron chi connectivity index (χ3n) is 5.08. The lowest BCUT2D eigenvalue weighted by atomic mass is 9.99. The van der Waals surface area contributed by atoms with Gasteiger partial charge in [-0.2, -0.15) is 0 Å². The van der Waals surface area contributed by atoms with Crippen LogP contribution in [-0.2, 0) is 23.7 Å². The van der Waals surface area contributed by atoms with Crippen LogP contribution in [0.2, 0.25) is 0 Å². The Labute approximate surface area is 182 Å². The fourth-order valence-electron chi connectivity index (χ4n) is 3.17. The highest BCUT2D eigenvalue weighted by Gasteiger charge is 2.46. The summed E-state index contributed by atoms with van der Waals surface area (Å²) in [4.78, 5) is 12.1. The molecule has 0 amide bonds. The molecule has 1 aromatic rings. The molecular weight excluding hydrogens is 432 g/mol. The molecule has 0 bridgehead atoms. The SMILES string of the molecule is O=C(C=Cc1ccc(O)cc1)OC1OC(COC2OCC(O)C(O)C2O)C(O)C(O)C1O. The monoisotopic (exact) mass is 458 g/mol. The number of esters is 1. The van der Waals surface area contributed by atoms with Crippen LogP contribution in [0, 0.1) is 0 Å². The molecule has 7 N–H and O–H groups in total. The van der Waals surface area contributed by atoms with E-state index in [4.69, 9.17) is 18.9 Å². The van der Waals surface area contributed by atoms with Crippen molar-refractivity contribution in [2.75, 3.05) is 13.2 Å². The second-order valence-corrected chi connectivity index (χ2v) is 7.46. The molecule has 2 fully saturated rings. The van der Waals surface area contributed by atoms with Crippen molar-refractivity contribution in [3.8, 4) is 5.75 Å². The number of carbonyl (C=O) groups excluding carboxylic acids is 1. The molecule has 0 radical (unpaired) electrons. The molecule has 12 heteroatoms. The zero-order valence-electron chi connectivity index (χ0n) is 16.7. The predicted octanol–water partition coefficient (Wildman–Crippen LogP) is -2.79. The Bertz CT molecular complexity index is 783. The smallest absolute Gasteiger partial charge is 0.333 e. The summed E-state index contributed by atoms with van der Waals surface area (Å²) in [5.41, 5.74) is 0.588. The molecule has 1 aromatic carbocycles. The number of carbonyl (C=O) groups is 1. The summed E-state index contributed by atoms with van der Waals surface area (Å²) in [5.74, 6) is -0.852. The van der Waals surface area contributed by atoms with Crippen LogP contribution in [0.5, 0.6) is 5.75 Å². The van der Waals surface area contributed by atoms with Crippen LogP contribution in [0.15, 0.2) is 30.3 Å². The minimum Gasteiger partial charge on any atom is -0.508 e. The van der Waals surface area contributed by atoms with Gasteiger partial charge in [-0.15, -0.1) is 0 Å². The average Bonchev–Trinajstić information content (AvgIpc) is 2.77. The van der Waals surface area contributed by atoms with Crippen LogP contribution in [0.1, 0.15) is 5.56 Å². The Hall–Kier alpha value is -2.13. The van der Waals surface area contributed by atoms with Gasteiger partial charge in [0.15, 0.2) is 6.29 Å². The van der Waals surface area contributed by atoms with Crippen LogP contribution in [-0.4, -0.2) is 110 Å². The molecule has 2 aliphatic heterocycles. The van der Waals surface area contributed by atoms with E-state index in [-0.39, 0.29) is 12.4 Å². The molecule has 2 aliphatic rings. The van der Waals surface area contributed by atoms with E-state index in [0.29, 0.717) is 5.56 Å². The van der Waals surface area contributed by atoms with E-state index in [1.54, 1.807) is 12.1 Å². The molecule has 0 aromatic heterocycles. The van der Waals surface area contributed by atoms with Crippen LogP contribution in [0.3, 0.4) is 0 Å². The topological polar surface area (TPSA) is 196 Å². The lowest BCUT2D eigenvalue weighted by Gasteiger charge is -2.41. The highest BCUT2D eigenvalue weighted by Crippen LogP contribution is 2.24. The maximum Gasteiger partial charge on any atom is 0.333 e. The van der Waals surface area contributed by atoms with Gasteiger partial charge in [0.05, 0.1) is 13.2 Å². The Morgan fingerprint density at radius 2 is 1.59 bits per heavy atom. The van der Waals surface area contributed by atoms with E-state index < -0.39 is 67.9 Å². The molecule has 32 heavy (non-hydrogen) atoms. The summed E-state index contributed by atoms with van der Waals surface area (Å²) < 4.78 is 20.7. The van der Waals surface area contributed by atoms with Crippen molar-refractivity contribution in [1.29, 1.82) is 0 Å². The van der Waals surface area contributed by atoms with Crippen LogP contribution >= 0.6 is 0 Å². The lowest BCUT2D eigenvalue weighted by molar-refractivity contribution is -0.314. The van der Waals surface area contributed by atoms with Gasteiger partial charge in [0.25, 0.3) is 0 Å². The summed E-state index contributed by atoms with van der Waals surface area (Å²) in [6.45, 7) is -0.765. The molecule has 0 aliphatic carbocycles. The summed E-state index contributed by atoms with van der Waals surface area (Å²) >= 11 is 0. The maximum absolute atomic E-state index is 12.1. The zero-order chi connectivity index (χ0) is 23.4. The number of hydrogen-bond donors (Lipinski definition) is 7. The first-order chi connectivity index (χ1) is 15.2. The maximum atomic E-state index is 12.1. The van der Waals surface area contributed by atoms with Crippen molar-refractivity contribution >= 4 is 12.0 Å². The Kier molecular flexibility index (Phi) is 8.16. The molecule has 3 rings (SSSR count). The van der Waals surface area contributed by atoms with E-state index in [0.717, 1.165) is 6.08 Å². The average molecular weight is 458 g/mol. The highest BCUT2D eigenvalue weighted by molar-refractivity contribution is 5.87. The van der Waals surface area contributed by atoms with Gasteiger partial charge >= 0.3 is 5.97 Å². The predicted molar refractivity (Wildman–Crippen MR) is 104 cm³/mol. The number of hydrogen-bond acceptors (Lipinski definition) is 12. The number of aliphatic hydroxyl groups excluding tert-OH is 6. The normalized spacial score (nSPS) is 38.0. The minimum absolute atomic E-state index is 0.0566. The summed E-state index contributed by atoms with van der Waals surface area (Å²) in [6, 6.07) is 5.95. The number of rotatable bonds is 6. The Balaban J connectivity index is 1.57. The minimum atomic E-state index is -1.75.